The SMILES string of the molecule is C=C(C)[C@@H]1CC[C@]2(C)CC[C@]3(C)[C@H](CC[C@@H]4[C@@]5(C)CCC(O)(CCCCCCCCCCCCCCCCCCCCCCCCCCCC(=O)O)C(C)(C)[C@@H]5CC[C@]43C)[C@@H]12. The molecule has 5 rings (SSSR count). The molecule has 354 valence electrons. The van der Waals surface area contributed by atoms with E-state index in [1.54, 1.807) is 0 Å². The maximum Gasteiger partial charge on any atom is 0.303 e. The van der Waals surface area contributed by atoms with E-state index >= 15 is 0 Å². The molecule has 61 heavy (non-hydrogen) atoms. The predicted octanol–water partition coefficient (Wildman–Crippen LogP) is 18.0. The summed E-state index contributed by atoms with van der Waals surface area (Å²) in [6.07, 6.45) is 48.5. The van der Waals surface area contributed by atoms with Crippen LogP contribution < -0.4 is 0 Å². The first kappa shape index (κ1) is 51.2. The zero-order valence-corrected chi connectivity index (χ0v) is 42.1. The summed E-state index contributed by atoms with van der Waals surface area (Å²) in [4.78, 5) is 10.6. The van der Waals surface area contributed by atoms with Crippen LogP contribution in [0.2, 0.25) is 0 Å². The summed E-state index contributed by atoms with van der Waals surface area (Å²) >= 11 is 0. The normalized spacial score (nSPS) is 36.5. The van der Waals surface area contributed by atoms with Gasteiger partial charge in [0.2, 0.25) is 0 Å². The largest absolute Gasteiger partial charge is 0.481 e. The smallest absolute Gasteiger partial charge is 0.303 e. The van der Waals surface area contributed by atoms with Crippen LogP contribution in [0, 0.1) is 56.7 Å². The maximum absolute atomic E-state index is 12.5. The molecular weight excluding hydrogens is 745 g/mol. The Hall–Kier alpha value is -0.830. The molecule has 0 aromatic carbocycles. The van der Waals surface area contributed by atoms with Gasteiger partial charge in [-0.3, -0.25) is 4.79 Å². The standard InChI is InChI=1S/C58H104O3/c1-46(2)47-37-40-54(5)42-44-56(7)48(52(47)54)35-36-50-55(6)43-45-58(61,53(3,4)49(55)38-41-57(50,56)8)39-33-31-29-27-25-23-21-19-17-15-13-11-9-10-12-14-16-18-20-22-24-26-28-30-32-34-51(59)60/h47-50,52,61H,1,9-45H2,2-8H3,(H,59,60)/t47-,48+,49-,50+,52+,54+,55-,56+,57+,58?/m0/s1. The van der Waals surface area contributed by atoms with Crippen LogP contribution in [0.5, 0.6) is 0 Å². The van der Waals surface area contributed by atoms with Crippen LogP contribution in [-0.2, 0) is 4.79 Å². The first-order valence-corrected chi connectivity index (χ1v) is 27.7. The Bertz CT molecular complexity index is 1330. The van der Waals surface area contributed by atoms with Gasteiger partial charge in [-0.15, -0.1) is 0 Å². The van der Waals surface area contributed by atoms with E-state index in [4.69, 9.17) is 5.11 Å². The molecule has 0 radical (unpaired) electrons. The van der Waals surface area contributed by atoms with Gasteiger partial charge in [0.25, 0.3) is 0 Å². The number of hydrogen-bond donors (Lipinski definition) is 2. The summed E-state index contributed by atoms with van der Waals surface area (Å²) in [6, 6.07) is 0. The highest BCUT2D eigenvalue weighted by atomic mass is 16.4. The lowest BCUT2D eigenvalue weighted by atomic mass is 9.31. The van der Waals surface area contributed by atoms with Gasteiger partial charge in [0.15, 0.2) is 0 Å². The number of carboxylic acids is 1. The third-order valence-electron chi connectivity index (χ3n) is 20.9. The van der Waals surface area contributed by atoms with Crippen molar-refractivity contribution in [2.24, 2.45) is 56.7 Å². The van der Waals surface area contributed by atoms with Crippen LogP contribution in [0.25, 0.3) is 0 Å². The topological polar surface area (TPSA) is 57.5 Å². The quantitative estimate of drug-likeness (QED) is 0.0582. The van der Waals surface area contributed by atoms with Crippen molar-refractivity contribution < 1.29 is 15.0 Å². The number of hydrogen-bond acceptors (Lipinski definition) is 2. The Morgan fingerprint density at radius 2 is 0.967 bits per heavy atom. The molecule has 0 aromatic heterocycles. The Kier molecular flexibility index (Phi) is 19.3. The summed E-state index contributed by atoms with van der Waals surface area (Å²) in [5, 5.41) is 21.2. The van der Waals surface area contributed by atoms with Gasteiger partial charge in [0, 0.05) is 6.42 Å². The second-order valence-electron chi connectivity index (χ2n) is 24.8. The highest BCUT2D eigenvalue weighted by molar-refractivity contribution is 5.66. The average Bonchev–Trinajstić information content (AvgIpc) is 3.57. The molecule has 1 unspecified atom stereocenters. The maximum atomic E-state index is 12.5. The number of unbranched alkanes of at least 4 members (excludes halogenated alkanes) is 24. The lowest BCUT2D eigenvalue weighted by molar-refractivity contribution is -0.265. The van der Waals surface area contributed by atoms with E-state index in [1.165, 1.54) is 211 Å². The van der Waals surface area contributed by atoms with E-state index in [2.05, 4.69) is 55.0 Å². The van der Waals surface area contributed by atoms with Gasteiger partial charge in [-0.1, -0.05) is 208 Å². The molecule has 3 heteroatoms. The lowest BCUT2D eigenvalue weighted by Crippen LogP contribution is -2.68. The number of carbonyl (C=O) groups is 1. The minimum atomic E-state index is -0.651. The highest BCUT2D eigenvalue weighted by Gasteiger charge is 2.71. The molecule has 0 spiro atoms. The molecule has 5 aliphatic carbocycles. The van der Waals surface area contributed by atoms with Gasteiger partial charge < -0.3 is 10.2 Å². The molecule has 5 fully saturated rings. The molecule has 0 amide bonds. The van der Waals surface area contributed by atoms with E-state index in [0.717, 1.165) is 49.4 Å². The van der Waals surface area contributed by atoms with Gasteiger partial charge in [-0.2, -0.15) is 0 Å². The number of rotatable bonds is 29. The van der Waals surface area contributed by atoms with E-state index in [0.29, 0.717) is 34.0 Å². The van der Waals surface area contributed by atoms with Crippen LogP contribution in [-0.4, -0.2) is 21.8 Å². The third kappa shape index (κ3) is 12.0. The monoisotopic (exact) mass is 849 g/mol. The minimum absolute atomic E-state index is 0.0176. The summed E-state index contributed by atoms with van der Waals surface area (Å²) < 4.78 is 0. The summed E-state index contributed by atoms with van der Waals surface area (Å²) in [5.74, 6) is 3.20. The van der Waals surface area contributed by atoms with Gasteiger partial charge in [0.05, 0.1) is 5.60 Å². The number of aliphatic carboxylic acids is 1. The minimum Gasteiger partial charge on any atom is -0.481 e. The molecule has 5 saturated carbocycles. The van der Waals surface area contributed by atoms with E-state index in [9.17, 15) is 9.90 Å². The molecule has 2 N–H and O–H groups in total. The van der Waals surface area contributed by atoms with E-state index in [1.807, 2.05) is 0 Å². The van der Waals surface area contributed by atoms with Crippen molar-refractivity contribution in [3.05, 3.63) is 12.2 Å². The molecule has 5 aliphatic rings. The molecule has 0 heterocycles. The number of allylic oxidation sites excluding steroid dienone is 1. The molecule has 10 atom stereocenters. The zero-order valence-electron chi connectivity index (χ0n) is 42.1. The second-order valence-corrected chi connectivity index (χ2v) is 24.8. The van der Waals surface area contributed by atoms with E-state index in [-0.39, 0.29) is 5.41 Å². The number of carboxylic acid groups (broad SMARTS) is 1. The van der Waals surface area contributed by atoms with Crippen molar-refractivity contribution in [2.45, 2.75) is 292 Å². The van der Waals surface area contributed by atoms with Crippen LogP contribution in [0.4, 0.5) is 0 Å². The van der Waals surface area contributed by atoms with Gasteiger partial charge in [-0.05, 0) is 141 Å². The highest BCUT2D eigenvalue weighted by Crippen LogP contribution is 2.78. The summed E-state index contributed by atoms with van der Waals surface area (Å²) in [5.41, 5.74) is 2.65. The van der Waals surface area contributed by atoms with Crippen molar-refractivity contribution in [3.8, 4) is 0 Å². The summed E-state index contributed by atoms with van der Waals surface area (Å²) in [7, 11) is 0. The number of aliphatic hydroxyl groups is 1. The molecule has 0 aromatic rings. The van der Waals surface area contributed by atoms with Crippen molar-refractivity contribution in [1.29, 1.82) is 0 Å². The first-order chi connectivity index (χ1) is 29.1. The van der Waals surface area contributed by atoms with Crippen molar-refractivity contribution in [1.82, 2.24) is 0 Å². The van der Waals surface area contributed by atoms with E-state index < -0.39 is 11.6 Å². The summed E-state index contributed by atoms with van der Waals surface area (Å²) in [6.45, 7) is 22.8. The van der Waals surface area contributed by atoms with Gasteiger partial charge in [-0.25, -0.2) is 0 Å². The van der Waals surface area contributed by atoms with Crippen molar-refractivity contribution in [3.63, 3.8) is 0 Å². The Labute approximate surface area is 380 Å². The van der Waals surface area contributed by atoms with Crippen molar-refractivity contribution >= 4 is 5.97 Å². The first-order valence-electron chi connectivity index (χ1n) is 27.7. The third-order valence-corrected chi connectivity index (χ3v) is 20.9. The molecule has 3 nitrogen and oxygen atoms in total. The fourth-order valence-electron chi connectivity index (χ4n) is 16.7. The fraction of sp³-hybridized carbons (Fsp3) is 0.948. The van der Waals surface area contributed by atoms with Crippen LogP contribution in [0.15, 0.2) is 12.2 Å². The lowest BCUT2D eigenvalue weighted by Gasteiger charge is -2.73. The Balaban J connectivity index is 0.879. The van der Waals surface area contributed by atoms with Crippen LogP contribution in [0.1, 0.15) is 286 Å². The van der Waals surface area contributed by atoms with Crippen molar-refractivity contribution in [2.75, 3.05) is 0 Å². The molecule has 0 saturated heterocycles. The van der Waals surface area contributed by atoms with Crippen LogP contribution in [0.3, 0.4) is 0 Å². The zero-order chi connectivity index (χ0) is 44.2. The molecule has 0 aliphatic heterocycles. The Morgan fingerprint density at radius 3 is 1.43 bits per heavy atom. The average molecular weight is 849 g/mol. The van der Waals surface area contributed by atoms with Crippen LogP contribution >= 0.6 is 0 Å². The fourth-order valence-corrected chi connectivity index (χ4v) is 16.7. The second kappa shape index (κ2) is 23.1. The Morgan fingerprint density at radius 1 is 0.508 bits per heavy atom. The number of fused-ring (bicyclic) bond motifs is 7. The van der Waals surface area contributed by atoms with Gasteiger partial charge >= 0.3 is 5.97 Å². The molecule has 0 bridgehead atoms. The predicted molar refractivity (Wildman–Crippen MR) is 262 cm³/mol. The molecular formula is C58H104O3. The van der Waals surface area contributed by atoms with Gasteiger partial charge in [0.1, 0.15) is 0 Å².